The summed E-state index contributed by atoms with van der Waals surface area (Å²) < 4.78 is 0. The molecule has 1 fully saturated rings. The van der Waals surface area contributed by atoms with Crippen molar-refractivity contribution < 1.29 is 10.0 Å². The van der Waals surface area contributed by atoms with Crippen molar-refractivity contribution >= 4 is 23.1 Å². The zero-order chi connectivity index (χ0) is 14.0. The van der Waals surface area contributed by atoms with Gasteiger partial charge in [-0.25, -0.2) is 4.98 Å². The van der Waals surface area contributed by atoms with E-state index >= 15 is 0 Å². The fourth-order valence-electron chi connectivity index (χ4n) is 1.98. The first-order valence-corrected chi connectivity index (χ1v) is 7.06. The van der Waals surface area contributed by atoms with Gasteiger partial charge in [0.15, 0.2) is 0 Å². The number of carbonyl (C=O) groups excluding carboxylic acids is 1. The quantitative estimate of drug-likeness (QED) is 0.370. The van der Waals surface area contributed by atoms with Crippen molar-refractivity contribution in [2.24, 2.45) is 10.9 Å². The van der Waals surface area contributed by atoms with Gasteiger partial charge >= 0.3 is 0 Å². The van der Waals surface area contributed by atoms with E-state index in [0.29, 0.717) is 23.9 Å². The number of oxime groups is 1. The van der Waals surface area contributed by atoms with Gasteiger partial charge in [-0.3, -0.25) is 4.79 Å². The maximum absolute atomic E-state index is 12.5. The number of aromatic nitrogens is 1. The largest absolute Gasteiger partial charge is 0.409 e. The zero-order valence-electron chi connectivity index (χ0n) is 11.1. The van der Waals surface area contributed by atoms with E-state index in [4.69, 9.17) is 10.9 Å². The molecule has 1 aliphatic carbocycles. The molecule has 1 amide bonds. The highest BCUT2D eigenvalue weighted by Gasteiger charge is 2.34. The minimum Gasteiger partial charge on any atom is -0.409 e. The Hall–Kier alpha value is -1.63. The molecule has 1 heterocycles. The van der Waals surface area contributed by atoms with E-state index in [1.165, 1.54) is 11.3 Å². The van der Waals surface area contributed by atoms with Gasteiger partial charge in [-0.15, -0.1) is 11.3 Å². The summed E-state index contributed by atoms with van der Waals surface area (Å²) in [7, 11) is 0. The average molecular weight is 282 g/mol. The van der Waals surface area contributed by atoms with Crippen LogP contribution in [0.4, 0.5) is 0 Å². The van der Waals surface area contributed by atoms with Gasteiger partial charge in [0.25, 0.3) is 5.91 Å². The minimum atomic E-state index is 0.0105. The number of hydrogen-bond donors (Lipinski definition) is 2. The van der Waals surface area contributed by atoms with Crippen LogP contribution in [-0.4, -0.2) is 39.4 Å². The Labute approximate surface area is 115 Å². The molecule has 0 radical (unpaired) electrons. The number of amidine groups is 1. The van der Waals surface area contributed by atoms with E-state index in [0.717, 1.165) is 23.5 Å². The fraction of sp³-hybridized carbons (Fsp3) is 0.583. The highest BCUT2D eigenvalue weighted by molar-refractivity contribution is 7.13. The SMILES string of the molecule is Cc1nc(C)c(C(=O)N(CCC(N)=NO)C2CC2)s1. The summed E-state index contributed by atoms with van der Waals surface area (Å²) in [5, 5.41) is 12.4. The first kappa shape index (κ1) is 13.8. The van der Waals surface area contributed by atoms with E-state index in [1.54, 1.807) is 0 Å². The normalized spacial score (nSPS) is 15.6. The summed E-state index contributed by atoms with van der Waals surface area (Å²) in [5.41, 5.74) is 6.25. The molecule has 0 unspecified atom stereocenters. The van der Waals surface area contributed by atoms with Gasteiger partial charge in [0.2, 0.25) is 0 Å². The molecule has 0 aromatic carbocycles. The average Bonchev–Trinajstić information content (AvgIpc) is 3.14. The molecule has 2 rings (SSSR count). The molecule has 19 heavy (non-hydrogen) atoms. The molecule has 6 nitrogen and oxygen atoms in total. The van der Waals surface area contributed by atoms with E-state index < -0.39 is 0 Å². The second kappa shape index (κ2) is 5.56. The van der Waals surface area contributed by atoms with Crippen LogP contribution in [0.1, 0.15) is 39.6 Å². The number of aryl methyl sites for hydroxylation is 2. The maximum atomic E-state index is 12.5. The van der Waals surface area contributed by atoms with Crippen molar-refractivity contribution in [2.45, 2.75) is 39.2 Å². The Balaban J connectivity index is 2.10. The van der Waals surface area contributed by atoms with E-state index in [1.807, 2.05) is 18.7 Å². The minimum absolute atomic E-state index is 0.0105. The van der Waals surface area contributed by atoms with Crippen LogP contribution in [0, 0.1) is 13.8 Å². The molecular weight excluding hydrogens is 264 g/mol. The van der Waals surface area contributed by atoms with Crippen LogP contribution in [-0.2, 0) is 0 Å². The highest BCUT2D eigenvalue weighted by atomic mass is 32.1. The zero-order valence-corrected chi connectivity index (χ0v) is 11.9. The third-order valence-corrected chi connectivity index (χ3v) is 4.14. The third kappa shape index (κ3) is 3.23. The number of nitrogens with zero attached hydrogens (tertiary/aromatic N) is 3. The van der Waals surface area contributed by atoms with Gasteiger partial charge in [0, 0.05) is 19.0 Å². The van der Waals surface area contributed by atoms with Crippen LogP contribution in [0.5, 0.6) is 0 Å². The van der Waals surface area contributed by atoms with Crippen molar-refractivity contribution in [3.63, 3.8) is 0 Å². The smallest absolute Gasteiger partial charge is 0.266 e. The first-order chi connectivity index (χ1) is 9.02. The Bertz CT molecular complexity index is 508. The third-order valence-electron chi connectivity index (χ3n) is 3.08. The number of amides is 1. The highest BCUT2D eigenvalue weighted by Crippen LogP contribution is 2.30. The Morgan fingerprint density at radius 2 is 2.26 bits per heavy atom. The van der Waals surface area contributed by atoms with Gasteiger partial charge in [-0.2, -0.15) is 0 Å². The molecule has 1 aromatic rings. The van der Waals surface area contributed by atoms with Crippen LogP contribution >= 0.6 is 11.3 Å². The van der Waals surface area contributed by atoms with Gasteiger partial charge in [0.1, 0.15) is 10.7 Å². The standard InChI is InChI=1S/C12H18N4O2S/c1-7-11(19-8(2)14-7)12(17)16(9-3-4-9)6-5-10(13)15-18/h9,18H,3-6H2,1-2H3,(H2,13,15). The van der Waals surface area contributed by atoms with E-state index in [9.17, 15) is 4.79 Å². The summed E-state index contributed by atoms with van der Waals surface area (Å²) in [6, 6.07) is 0.292. The lowest BCUT2D eigenvalue weighted by Crippen LogP contribution is -2.35. The molecule has 0 aliphatic heterocycles. The lowest BCUT2D eigenvalue weighted by atomic mass is 10.3. The van der Waals surface area contributed by atoms with Crippen molar-refractivity contribution in [2.75, 3.05) is 6.54 Å². The van der Waals surface area contributed by atoms with Gasteiger partial charge in [-0.1, -0.05) is 5.16 Å². The van der Waals surface area contributed by atoms with Crippen LogP contribution in [0.25, 0.3) is 0 Å². The molecule has 0 bridgehead atoms. The fourth-order valence-corrected chi connectivity index (χ4v) is 2.86. The first-order valence-electron chi connectivity index (χ1n) is 6.24. The van der Waals surface area contributed by atoms with Crippen LogP contribution < -0.4 is 5.73 Å². The summed E-state index contributed by atoms with van der Waals surface area (Å²) >= 11 is 1.42. The second-order valence-corrected chi connectivity index (χ2v) is 5.92. The Morgan fingerprint density at radius 3 is 2.74 bits per heavy atom. The van der Waals surface area contributed by atoms with Crippen molar-refractivity contribution in [1.29, 1.82) is 0 Å². The molecule has 1 aromatic heterocycles. The summed E-state index contributed by atoms with van der Waals surface area (Å²) in [6.45, 7) is 4.23. The predicted molar refractivity (Wildman–Crippen MR) is 73.7 cm³/mol. The monoisotopic (exact) mass is 282 g/mol. The molecule has 0 spiro atoms. The van der Waals surface area contributed by atoms with Gasteiger partial charge in [-0.05, 0) is 26.7 Å². The van der Waals surface area contributed by atoms with Gasteiger partial charge in [0.05, 0.1) is 10.7 Å². The second-order valence-electron chi connectivity index (χ2n) is 4.72. The van der Waals surface area contributed by atoms with Gasteiger partial charge < -0.3 is 15.8 Å². The molecule has 104 valence electrons. The molecule has 3 N–H and O–H groups in total. The molecule has 0 atom stereocenters. The topological polar surface area (TPSA) is 91.8 Å². The molecule has 7 heteroatoms. The number of thiazole rings is 1. The van der Waals surface area contributed by atoms with Crippen LogP contribution in [0.15, 0.2) is 5.16 Å². The Morgan fingerprint density at radius 1 is 1.58 bits per heavy atom. The van der Waals surface area contributed by atoms with Crippen LogP contribution in [0.2, 0.25) is 0 Å². The number of nitrogens with two attached hydrogens (primary N) is 1. The van der Waals surface area contributed by atoms with Crippen molar-refractivity contribution in [3.05, 3.63) is 15.6 Å². The Kier molecular flexibility index (Phi) is 4.04. The summed E-state index contributed by atoms with van der Waals surface area (Å²) in [4.78, 5) is 19.3. The molecule has 1 saturated carbocycles. The molecule has 0 saturated heterocycles. The number of rotatable bonds is 5. The van der Waals surface area contributed by atoms with E-state index in [-0.39, 0.29) is 11.7 Å². The predicted octanol–water partition coefficient (Wildman–Crippen LogP) is 1.50. The summed E-state index contributed by atoms with van der Waals surface area (Å²) in [6.07, 6.45) is 2.44. The lowest BCUT2D eigenvalue weighted by Gasteiger charge is -2.21. The van der Waals surface area contributed by atoms with E-state index in [2.05, 4.69) is 10.1 Å². The van der Waals surface area contributed by atoms with Crippen molar-refractivity contribution in [3.8, 4) is 0 Å². The molecule has 1 aliphatic rings. The maximum Gasteiger partial charge on any atom is 0.266 e. The number of carbonyl (C=O) groups is 1. The lowest BCUT2D eigenvalue weighted by molar-refractivity contribution is 0.0751. The molecular formula is C12H18N4O2S. The van der Waals surface area contributed by atoms with Crippen LogP contribution in [0.3, 0.4) is 0 Å². The number of hydrogen-bond acceptors (Lipinski definition) is 5. The summed E-state index contributed by atoms with van der Waals surface area (Å²) in [5.74, 6) is 0.159. The van der Waals surface area contributed by atoms with Crippen molar-refractivity contribution in [1.82, 2.24) is 9.88 Å².